The molecule has 3 amide bonds. The molecule has 9 heteroatoms. The van der Waals surface area contributed by atoms with Crippen molar-refractivity contribution in [1.82, 2.24) is 16.0 Å². The van der Waals surface area contributed by atoms with Crippen molar-refractivity contribution in [3.63, 3.8) is 0 Å². The lowest BCUT2D eigenvalue weighted by molar-refractivity contribution is -0.119. The van der Waals surface area contributed by atoms with Crippen LogP contribution in [0.1, 0.15) is 87.5 Å². The first-order valence-corrected chi connectivity index (χ1v) is 14.3. The molecule has 8 nitrogen and oxygen atoms in total. The van der Waals surface area contributed by atoms with Crippen LogP contribution in [0.2, 0.25) is 6.04 Å². The predicted octanol–water partition coefficient (Wildman–Crippen LogP) is 4.47. The molecule has 32 heavy (non-hydrogen) atoms. The third-order valence-corrected chi connectivity index (χ3v) is 8.11. The molecule has 0 aromatic rings. The van der Waals surface area contributed by atoms with Gasteiger partial charge in [0.15, 0.2) is 0 Å². The van der Waals surface area contributed by atoms with Gasteiger partial charge in [0.25, 0.3) is 0 Å². The summed E-state index contributed by atoms with van der Waals surface area (Å²) in [6, 6.07) is 0.944. The van der Waals surface area contributed by atoms with Gasteiger partial charge >= 0.3 is 14.8 Å². The van der Waals surface area contributed by atoms with E-state index in [1.165, 1.54) is 13.3 Å². The van der Waals surface area contributed by atoms with Gasteiger partial charge in [0, 0.05) is 51.9 Å². The van der Waals surface area contributed by atoms with Crippen LogP contribution in [0.25, 0.3) is 0 Å². The van der Waals surface area contributed by atoms with Crippen molar-refractivity contribution in [2.75, 3.05) is 32.9 Å². The van der Waals surface area contributed by atoms with E-state index in [1.54, 1.807) is 0 Å². The fourth-order valence-corrected chi connectivity index (χ4v) is 5.49. The van der Waals surface area contributed by atoms with E-state index in [2.05, 4.69) is 29.8 Å². The Labute approximate surface area is 198 Å². The van der Waals surface area contributed by atoms with Crippen LogP contribution in [0, 0.1) is 5.92 Å². The minimum Gasteiger partial charge on any atom is -0.374 e. The quantitative estimate of drug-likeness (QED) is 0.212. The summed E-state index contributed by atoms with van der Waals surface area (Å²) in [5, 5.41) is 8.55. The average molecular weight is 478 g/mol. The molecular formula is C23H51N3O5Si. The molecular weight excluding hydrogens is 426 g/mol. The highest BCUT2D eigenvalue weighted by molar-refractivity contribution is 6.60. The van der Waals surface area contributed by atoms with Crippen molar-refractivity contribution < 1.29 is 22.9 Å². The molecule has 192 valence electrons. The van der Waals surface area contributed by atoms with Crippen molar-refractivity contribution in [3.05, 3.63) is 0 Å². The molecule has 0 rings (SSSR count). The van der Waals surface area contributed by atoms with Crippen LogP contribution in [-0.2, 0) is 18.1 Å². The zero-order valence-electron chi connectivity index (χ0n) is 22.0. The average Bonchev–Trinajstić information content (AvgIpc) is 2.74. The Hall–Kier alpha value is -1.16. The maximum absolute atomic E-state index is 11.8. The molecule has 2 atom stereocenters. The molecule has 0 aromatic heterocycles. The number of carbonyl (C=O) groups excluding carboxylic acids is 2. The van der Waals surface area contributed by atoms with E-state index in [1.807, 2.05) is 34.6 Å². The van der Waals surface area contributed by atoms with Gasteiger partial charge in [-0.05, 0) is 59.3 Å². The van der Waals surface area contributed by atoms with Gasteiger partial charge in [-0.25, -0.2) is 4.79 Å². The van der Waals surface area contributed by atoms with E-state index in [0.717, 1.165) is 44.2 Å². The van der Waals surface area contributed by atoms with E-state index >= 15 is 0 Å². The first-order chi connectivity index (χ1) is 15.2. The second-order valence-corrected chi connectivity index (χ2v) is 10.7. The summed E-state index contributed by atoms with van der Waals surface area (Å²) in [7, 11) is -2.59. The molecule has 3 N–H and O–H groups in total. The van der Waals surface area contributed by atoms with Crippen molar-refractivity contribution in [3.8, 4) is 0 Å². The van der Waals surface area contributed by atoms with Crippen molar-refractivity contribution >= 4 is 20.7 Å². The minimum atomic E-state index is -2.59. The lowest BCUT2D eigenvalue weighted by atomic mass is 10.0. The summed E-state index contributed by atoms with van der Waals surface area (Å²) in [4.78, 5) is 22.1. The number of nitrogens with one attached hydrogen (secondary N) is 3. The Morgan fingerprint density at radius 2 is 1.31 bits per heavy atom. The first-order valence-electron chi connectivity index (χ1n) is 12.4. The molecule has 2 unspecified atom stereocenters. The highest BCUT2D eigenvalue weighted by Crippen LogP contribution is 2.17. The number of hydrogen-bond donors (Lipinski definition) is 3. The number of urea groups is 1. The summed E-state index contributed by atoms with van der Waals surface area (Å²) < 4.78 is 17.4. The second kappa shape index (κ2) is 21.7. The van der Waals surface area contributed by atoms with E-state index < -0.39 is 8.80 Å². The van der Waals surface area contributed by atoms with Crippen molar-refractivity contribution in [1.29, 1.82) is 0 Å². The van der Waals surface area contributed by atoms with E-state index in [-0.39, 0.29) is 11.9 Å². The number of carbonyl (C=O) groups is 2. The van der Waals surface area contributed by atoms with Gasteiger partial charge in [0.1, 0.15) is 0 Å². The fourth-order valence-electron chi connectivity index (χ4n) is 2.88. The number of rotatable bonds is 17. The van der Waals surface area contributed by atoms with Gasteiger partial charge in [0.2, 0.25) is 5.91 Å². The molecule has 0 fully saturated rings. The topological polar surface area (TPSA) is 97.9 Å². The zero-order valence-corrected chi connectivity index (χ0v) is 23.0. The molecule has 0 radical (unpaired) electrons. The van der Waals surface area contributed by atoms with Crippen LogP contribution in [0.5, 0.6) is 0 Å². The summed E-state index contributed by atoms with van der Waals surface area (Å²) >= 11 is 0. The summed E-state index contributed by atoms with van der Waals surface area (Å²) in [5.41, 5.74) is 0. The van der Waals surface area contributed by atoms with Crippen LogP contribution in [0.4, 0.5) is 4.79 Å². The molecule has 0 aliphatic carbocycles. The van der Waals surface area contributed by atoms with Gasteiger partial charge in [-0.1, -0.05) is 27.2 Å². The van der Waals surface area contributed by atoms with Gasteiger partial charge in [-0.2, -0.15) is 0 Å². The maximum Gasteiger partial charge on any atom is 0.500 e. The van der Waals surface area contributed by atoms with E-state index in [0.29, 0.717) is 32.4 Å². The number of amides is 3. The predicted molar refractivity (Wildman–Crippen MR) is 134 cm³/mol. The third kappa shape index (κ3) is 19.5. The molecule has 0 bridgehead atoms. The van der Waals surface area contributed by atoms with E-state index in [4.69, 9.17) is 13.3 Å². The summed E-state index contributed by atoms with van der Waals surface area (Å²) in [5.74, 6) is 0.781. The van der Waals surface area contributed by atoms with Crippen LogP contribution < -0.4 is 16.0 Å². The molecule has 0 aromatic carbocycles. The van der Waals surface area contributed by atoms with Gasteiger partial charge < -0.3 is 29.2 Å². The summed E-state index contributed by atoms with van der Waals surface area (Å²) in [6.45, 7) is 18.9. The maximum atomic E-state index is 11.8. The van der Waals surface area contributed by atoms with Crippen LogP contribution in [-0.4, -0.2) is 59.7 Å². The minimum absolute atomic E-state index is 0.0550. The Morgan fingerprint density at radius 3 is 1.69 bits per heavy atom. The fraction of sp³-hybridized carbons (Fsp3) is 0.913. The highest BCUT2D eigenvalue weighted by atomic mass is 28.4. The van der Waals surface area contributed by atoms with Gasteiger partial charge in [0.05, 0.1) is 0 Å². The normalized spacial score (nSPS) is 12.9. The summed E-state index contributed by atoms with van der Waals surface area (Å²) in [6.07, 6.45) is 5.16. The standard InChI is InChI=1S/C17H38N2O4Si.C6H13NO/c1-6-16(5)12-10-13-18-17(20)19-14-11-15-24(21-7-2,22-8-3)23-9-4;1-4-5(2)7-6(3)8/h16H,6-15H2,1-5H3,(H2,18,19,20);5H,4H2,1-3H3,(H,7,8). The molecule has 0 heterocycles. The van der Waals surface area contributed by atoms with Crippen LogP contribution in [0.3, 0.4) is 0 Å². The largest absolute Gasteiger partial charge is 0.500 e. The first kappa shape index (κ1) is 33.0. The molecule has 0 spiro atoms. The SMILES string of the molecule is CCC(C)NC(C)=O.CCO[Si](CCCNC(=O)NCCCC(C)CC)(OCC)OCC. The third-order valence-electron chi connectivity index (χ3n) is 4.96. The lowest BCUT2D eigenvalue weighted by Crippen LogP contribution is -2.46. The van der Waals surface area contributed by atoms with Crippen molar-refractivity contribution in [2.24, 2.45) is 5.92 Å². The number of hydrogen-bond acceptors (Lipinski definition) is 5. The Balaban J connectivity index is 0. The van der Waals surface area contributed by atoms with Crippen LogP contribution >= 0.6 is 0 Å². The smallest absolute Gasteiger partial charge is 0.374 e. The molecule has 0 saturated heterocycles. The van der Waals surface area contributed by atoms with Crippen LogP contribution in [0.15, 0.2) is 0 Å². The molecule has 0 aliphatic heterocycles. The lowest BCUT2D eigenvalue weighted by Gasteiger charge is -2.28. The van der Waals surface area contributed by atoms with Gasteiger partial charge in [-0.3, -0.25) is 4.79 Å². The molecule has 0 saturated carbocycles. The monoisotopic (exact) mass is 477 g/mol. The zero-order chi connectivity index (χ0) is 24.8. The Bertz CT molecular complexity index is 452. The molecule has 0 aliphatic rings. The second-order valence-electron chi connectivity index (χ2n) is 7.93. The Kier molecular flexibility index (Phi) is 22.4. The van der Waals surface area contributed by atoms with Gasteiger partial charge in [-0.15, -0.1) is 0 Å². The highest BCUT2D eigenvalue weighted by Gasteiger charge is 2.39. The van der Waals surface area contributed by atoms with Crippen molar-refractivity contribution in [2.45, 2.75) is 99.6 Å². The van der Waals surface area contributed by atoms with E-state index in [9.17, 15) is 9.59 Å². The Morgan fingerprint density at radius 1 is 0.812 bits per heavy atom.